The minimum atomic E-state index is -0.837. The Labute approximate surface area is 112 Å². The van der Waals surface area contributed by atoms with Crippen molar-refractivity contribution in [3.63, 3.8) is 0 Å². The summed E-state index contributed by atoms with van der Waals surface area (Å²) in [4.78, 5) is 25.5. The molecule has 0 bridgehead atoms. The van der Waals surface area contributed by atoms with Crippen LogP contribution in [0.4, 0.5) is 0 Å². The summed E-state index contributed by atoms with van der Waals surface area (Å²) in [6.45, 7) is 3.16. The van der Waals surface area contributed by atoms with Crippen molar-refractivity contribution in [3.05, 3.63) is 0 Å². The van der Waals surface area contributed by atoms with E-state index in [-0.39, 0.29) is 23.8 Å². The smallest absolute Gasteiger partial charge is 0.326 e. The zero-order valence-electron chi connectivity index (χ0n) is 11.2. The van der Waals surface area contributed by atoms with Crippen LogP contribution in [0.1, 0.15) is 32.6 Å². The third kappa shape index (κ3) is 2.14. The Bertz CT molecular complexity index is 397. The van der Waals surface area contributed by atoms with Crippen molar-refractivity contribution in [3.8, 4) is 0 Å². The number of carbonyl (C=O) groups is 2. The van der Waals surface area contributed by atoms with E-state index in [9.17, 15) is 14.7 Å². The molecule has 5 heteroatoms. The molecule has 1 aliphatic heterocycles. The van der Waals surface area contributed by atoms with Gasteiger partial charge in [0.15, 0.2) is 0 Å². The van der Waals surface area contributed by atoms with Gasteiger partial charge in [-0.3, -0.25) is 4.79 Å². The number of hydrogen-bond donors (Lipinski definition) is 1. The first-order valence-corrected chi connectivity index (χ1v) is 7.28. The number of amides is 1. The normalized spacial score (nSPS) is 40.3. The lowest BCUT2D eigenvalue weighted by molar-refractivity contribution is -0.150. The lowest BCUT2D eigenvalue weighted by Gasteiger charge is -2.24. The maximum absolute atomic E-state index is 12.4. The van der Waals surface area contributed by atoms with Gasteiger partial charge in [0.05, 0.1) is 12.0 Å². The fourth-order valence-electron chi connectivity index (χ4n) is 3.89. The van der Waals surface area contributed by atoms with Gasteiger partial charge in [-0.05, 0) is 38.0 Å². The molecule has 5 atom stereocenters. The second-order valence-corrected chi connectivity index (χ2v) is 5.96. The molecule has 3 aliphatic rings. The van der Waals surface area contributed by atoms with Crippen molar-refractivity contribution in [2.75, 3.05) is 13.2 Å². The number of ether oxygens (including phenoxy) is 1. The molecule has 2 aliphatic carbocycles. The molecule has 19 heavy (non-hydrogen) atoms. The Kier molecular flexibility index (Phi) is 3.25. The van der Waals surface area contributed by atoms with Gasteiger partial charge in [0, 0.05) is 13.2 Å². The van der Waals surface area contributed by atoms with Crippen LogP contribution in [0.15, 0.2) is 0 Å². The van der Waals surface area contributed by atoms with E-state index in [1.807, 2.05) is 6.92 Å². The molecule has 3 rings (SSSR count). The number of aliphatic carboxylic acids is 1. The Morgan fingerprint density at radius 3 is 2.84 bits per heavy atom. The standard InChI is InChI=1S/C14H21NO4/c1-2-19-11-6-10(11)13(16)15-7-8-4-3-5-9(8)12(15)14(17)18/h8-12H,2-7H2,1H3,(H,17,18)/t8-,9-,10-,11+,12-/m0/s1. The number of carboxylic acid groups (broad SMARTS) is 1. The molecule has 1 heterocycles. The third-order valence-electron chi connectivity index (χ3n) is 4.86. The molecule has 0 aromatic heterocycles. The molecule has 1 saturated heterocycles. The van der Waals surface area contributed by atoms with E-state index in [1.54, 1.807) is 4.90 Å². The van der Waals surface area contributed by atoms with Gasteiger partial charge in [0.1, 0.15) is 6.04 Å². The van der Waals surface area contributed by atoms with E-state index in [1.165, 1.54) is 0 Å². The van der Waals surface area contributed by atoms with Gasteiger partial charge in [-0.15, -0.1) is 0 Å². The van der Waals surface area contributed by atoms with E-state index in [0.717, 1.165) is 25.7 Å². The molecular formula is C14H21NO4. The van der Waals surface area contributed by atoms with Crippen molar-refractivity contribution >= 4 is 11.9 Å². The molecule has 0 unspecified atom stereocenters. The third-order valence-corrected chi connectivity index (χ3v) is 4.86. The van der Waals surface area contributed by atoms with Crippen molar-refractivity contribution in [2.24, 2.45) is 17.8 Å². The topological polar surface area (TPSA) is 66.8 Å². The quantitative estimate of drug-likeness (QED) is 0.829. The maximum atomic E-state index is 12.4. The summed E-state index contributed by atoms with van der Waals surface area (Å²) in [6.07, 6.45) is 3.90. The summed E-state index contributed by atoms with van der Waals surface area (Å²) < 4.78 is 5.44. The van der Waals surface area contributed by atoms with E-state index in [4.69, 9.17) is 4.74 Å². The molecule has 106 valence electrons. The summed E-state index contributed by atoms with van der Waals surface area (Å²) in [6, 6.07) is -0.595. The molecule has 5 nitrogen and oxygen atoms in total. The Morgan fingerprint density at radius 2 is 2.16 bits per heavy atom. The van der Waals surface area contributed by atoms with Crippen molar-refractivity contribution in [2.45, 2.75) is 44.8 Å². The van der Waals surface area contributed by atoms with Gasteiger partial charge in [-0.25, -0.2) is 4.79 Å². The average molecular weight is 267 g/mol. The van der Waals surface area contributed by atoms with Crippen LogP contribution in [-0.2, 0) is 14.3 Å². The zero-order chi connectivity index (χ0) is 13.6. The predicted molar refractivity (Wildman–Crippen MR) is 67.5 cm³/mol. The van der Waals surface area contributed by atoms with Crippen LogP contribution >= 0.6 is 0 Å². The van der Waals surface area contributed by atoms with E-state index < -0.39 is 12.0 Å². The summed E-state index contributed by atoms with van der Waals surface area (Å²) >= 11 is 0. The van der Waals surface area contributed by atoms with Crippen molar-refractivity contribution < 1.29 is 19.4 Å². The molecule has 3 fully saturated rings. The van der Waals surface area contributed by atoms with Gasteiger partial charge in [-0.1, -0.05) is 6.42 Å². The fourth-order valence-corrected chi connectivity index (χ4v) is 3.89. The first-order valence-electron chi connectivity index (χ1n) is 7.28. The Morgan fingerprint density at radius 1 is 1.37 bits per heavy atom. The maximum Gasteiger partial charge on any atom is 0.326 e. The number of nitrogens with zero attached hydrogens (tertiary/aromatic N) is 1. The molecule has 1 N–H and O–H groups in total. The Hall–Kier alpha value is -1.10. The number of fused-ring (bicyclic) bond motifs is 1. The lowest BCUT2D eigenvalue weighted by atomic mass is 9.94. The van der Waals surface area contributed by atoms with Crippen molar-refractivity contribution in [1.29, 1.82) is 0 Å². The van der Waals surface area contributed by atoms with Gasteiger partial charge < -0.3 is 14.7 Å². The van der Waals surface area contributed by atoms with Crippen LogP contribution in [0, 0.1) is 17.8 Å². The van der Waals surface area contributed by atoms with Gasteiger partial charge in [0.2, 0.25) is 5.91 Å². The number of hydrogen-bond acceptors (Lipinski definition) is 3. The van der Waals surface area contributed by atoms with Crippen LogP contribution < -0.4 is 0 Å². The minimum Gasteiger partial charge on any atom is -0.480 e. The predicted octanol–water partition coefficient (Wildman–Crippen LogP) is 1.12. The highest BCUT2D eigenvalue weighted by Crippen LogP contribution is 2.45. The van der Waals surface area contributed by atoms with Gasteiger partial charge in [0.25, 0.3) is 0 Å². The molecule has 1 amide bonds. The van der Waals surface area contributed by atoms with E-state index >= 15 is 0 Å². The second-order valence-electron chi connectivity index (χ2n) is 5.96. The monoisotopic (exact) mass is 267 g/mol. The summed E-state index contributed by atoms with van der Waals surface area (Å²) in [7, 11) is 0. The number of rotatable bonds is 4. The summed E-state index contributed by atoms with van der Waals surface area (Å²) in [5, 5.41) is 9.43. The first-order chi connectivity index (χ1) is 9.13. The van der Waals surface area contributed by atoms with E-state index in [2.05, 4.69) is 0 Å². The SMILES string of the molecule is CCO[C@@H]1C[C@@H]1C(=O)N1C[C@@H]2CCC[C@@H]2[C@H]1C(=O)O. The summed E-state index contributed by atoms with van der Waals surface area (Å²) in [5.74, 6) is -0.364. The van der Waals surface area contributed by atoms with Crippen molar-refractivity contribution in [1.82, 2.24) is 4.90 Å². The van der Waals surface area contributed by atoms with Crippen LogP contribution in [0.3, 0.4) is 0 Å². The second kappa shape index (κ2) is 4.78. The van der Waals surface area contributed by atoms with E-state index in [0.29, 0.717) is 19.1 Å². The van der Waals surface area contributed by atoms with Crippen LogP contribution in [0.25, 0.3) is 0 Å². The number of carbonyl (C=O) groups excluding carboxylic acids is 1. The molecule has 0 aromatic carbocycles. The highest BCUT2D eigenvalue weighted by molar-refractivity contribution is 5.88. The fraction of sp³-hybridized carbons (Fsp3) is 0.857. The largest absolute Gasteiger partial charge is 0.480 e. The number of carboxylic acids is 1. The highest BCUT2D eigenvalue weighted by Gasteiger charge is 2.54. The minimum absolute atomic E-state index is 0.000231. The summed E-state index contributed by atoms with van der Waals surface area (Å²) in [5.41, 5.74) is 0. The van der Waals surface area contributed by atoms with Gasteiger partial charge >= 0.3 is 5.97 Å². The first kappa shape index (κ1) is 12.9. The van der Waals surface area contributed by atoms with Gasteiger partial charge in [-0.2, -0.15) is 0 Å². The average Bonchev–Trinajstić information content (AvgIpc) is 2.82. The molecule has 0 radical (unpaired) electrons. The van der Waals surface area contributed by atoms with Crippen LogP contribution in [-0.4, -0.2) is 47.2 Å². The van der Waals surface area contributed by atoms with Crippen LogP contribution in [0.5, 0.6) is 0 Å². The molecule has 2 saturated carbocycles. The van der Waals surface area contributed by atoms with Crippen LogP contribution in [0.2, 0.25) is 0 Å². The lowest BCUT2D eigenvalue weighted by Crippen LogP contribution is -2.44. The number of likely N-dealkylation sites (tertiary alicyclic amines) is 1. The molecule has 0 aromatic rings. The highest BCUT2D eigenvalue weighted by atomic mass is 16.5. The molecule has 0 spiro atoms. The zero-order valence-corrected chi connectivity index (χ0v) is 11.2. The molecular weight excluding hydrogens is 246 g/mol. The Balaban J connectivity index is 1.70.